The van der Waals surface area contributed by atoms with E-state index < -0.39 is 11.7 Å². The molecule has 1 fully saturated rings. The van der Waals surface area contributed by atoms with Gasteiger partial charge in [-0.15, -0.1) is 0 Å². The number of alkyl halides is 3. The van der Waals surface area contributed by atoms with Gasteiger partial charge in [-0.1, -0.05) is 12.8 Å². The molecule has 0 heterocycles. The Morgan fingerprint density at radius 3 is 2.45 bits per heavy atom. The fourth-order valence-electron chi connectivity index (χ4n) is 2.48. The van der Waals surface area contributed by atoms with Gasteiger partial charge in [0.15, 0.2) is 0 Å². The average molecular weight is 286 g/mol. The van der Waals surface area contributed by atoms with Crippen LogP contribution in [-0.2, 0) is 17.5 Å². The van der Waals surface area contributed by atoms with Gasteiger partial charge in [-0.05, 0) is 36.6 Å². The summed E-state index contributed by atoms with van der Waals surface area (Å²) in [6.07, 6.45) is -0.857. The number of nitrogens with one attached hydrogen (secondary N) is 1. The molecule has 110 valence electrons. The molecule has 20 heavy (non-hydrogen) atoms. The second-order valence-electron chi connectivity index (χ2n) is 5.09. The Kier molecular flexibility index (Phi) is 4.32. The molecule has 6 heteroatoms. The Hall–Kier alpha value is -1.56. The highest BCUT2D eigenvalue weighted by Gasteiger charge is 2.31. The van der Waals surface area contributed by atoms with Crippen molar-refractivity contribution in [2.24, 2.45) is 11.7 Å². The molecule has 0 atom stereocenters. The minimum atomic E-state index is -4.45. The Morgan fingerprint density at radius 1 is 1.25 bits per heavy atom. The van der Waals surface area contributed by atoms with Crippen molar-refractivity contribution in [3.63, 3.8) is 0 Å². The van der Waals surface area contributed by atoms with E-state index in [1.807, 2.05) is 0 Å². The van der Waals surface area contributed by atoms with E-state index in [1.165, 1.54) is 6.07 Å². The van der Waals surface area contributed by atoms with E-state index in [9.17, 15) is 18.0 Å². The van der Waals surface area contributed by atoms with Crippen LogP contribution in [0.5, 0.6) is 0 Å². The number of amides is 1. The first-order valence-corrected chi connectivity index (χ1v) is 6.62. The van der Waals surface area contributed by atoms with Gasteiger partial charge in [-0.2, -0.15) is 13.2 Å². The molecule has 1 aliphatic carbocycles. The summed E-state index contributed by atoms with van der Waals surface area (Å²) >= 11 is 0. The van der Waals surface area contributed by atoms with Crippen LogP contribution in [0.15, 0.2) is 18.2 Å². The molecule has 0 unspecified atom stereocenters. The van der Waals surface area contributed by atoms with Gasteiger partial charge >= 0.3 is 6.18 Å². The number of benzene rings is 1. The Bertz CT molecular complexity index is 494. The van der Waals surface area contributed by atoms with Gasteiger partial charge in [0.05, 0.1) is 5.56 Å². The summed E-state index contributed by atoms with van der Waals surface area (Å²) < 4.78 is 38.3. The summed E-state index contributed by atoms with van der Waals surface area (Å²) in [6, 6.07) is 3.44. The Labute approximate surface area is 115 Å². The maximum absolute atomic E-state index is 12.8. The molecule has 0 aromatic heterocycles. The molecule has 1 aromatic carbocycles. The second-order valence-corrected chi connectivity index (χ2v) is 5.09. The SMILES string of the molecule is NCc1cc(NC(=O)C2CCCC2)cc(C(F)(F)F)c1. The Balaban J connectivity index is 2.20. The summed E-state index contributed by atoms with van der Waals surface area (Å²) in [7, 11) is 0. The zero-order chi connectivity index (χ0) is 14.8. The average Bonchev–Trinajstić information content (AvgIpc) is 2.91. The van der Waals surface area contributed by atoms with Gasteiger partial charge in [0, 0.05) is 18.2 Å². The van der Waals surface area contributed by atoms with E-state index >= 15 is 0 Å². The minimum absolute atomic E-state index is 0.00375. The number of anilines is 1. The molecule has 3 N–H and O–H groups in total. The van der Waals surface area contributed by atoms with Crippen LogP contribution in [0, 0.1) is 5.92 Å². The maximum Gasteiger partial charge on any atom is 0.416 e. The van der Waals surface area contributed by atoms with E-state index in [-0.39, 0.29) is 24.1 Å². The highest BCUT2D eigenvalue weighted by molar-refractivity contribution is 5.92. The highest BCUT2D eigenvalue weighted by Crippen LogP contribution is 2.32. The number of carbonyl (C=O) groups excluding carboxylic acids is 1. The Morgan fingerprint density at radius 2 is 1.90 bits per heavy atom. The number of halogens is 3. The predicted octanol–water partition coefficient (Wildman–Crippen LogP) is 3.29. The topological polar surface area (TPSA) is 55.1 Å². The minimum Gasteiger partial charge on any atom is -0.326 e. The van der Waals surface area contributed by atoms with Crippen LogP contribution in [0.1, 0.15) is 36.8 Å². The van der Waals surface area contributed by atoms with E-state index in [0.717, 1.165) is 37.8 Å². The van der Waals surface area contributed by atoms with Crippen LogP contribution < -0.4 is 11.1 Å². The van der Waals surface area contributed by atoms with Crippen LogP contribution in [0.2, 0.25) is 0 Å². The van der Waals surface area contributed by atoms with Crippen molar-refractivity contribution < 1.29 is 18.0 Å². The van der Waals surface area contributed by atoms with Crippen LogP contribution in [0.3, 0.4) is 0 Å². The first kappa shape index (κ1) is 14.8. The van der Waals surface area contributed by atoms with Gasteiger partial charge in [-0.3, -0.25) is 4.79 Å². The zero-order valence-corrected chi connectivity index (χ0v) is 11.0. The van der Waals surface area contributed by atoms with Crippen molar-refractivity contribution in [2.45, 2.75) is 38.4 Å². The van der Waals surface area contributed by atoms with Gasteiger partial charge in [0.1, 0.15) is 0 Å². The lowest BCUT2D eigenvalue weighted by molar-refractivity contribution is -0.137. The van der Waals surface area contributed by atoms with E-state index in [2.05, 4.69) is 5.32 Å². The summed E-state index contributed by atoms with van der Waals surface area (Å²) in [5.74, 6) is -0.296. The number of rotatable bonds is 3. The monoisotopic (exact) mass is 286 g/mol. The maximum atomic E-state index is 12.8. The van der Waals surface area contributed by atoms with Gasteiger partial charge in [0.2, 0.25) is 5.91 Å². The van der Waals surface area contributed by atoms with Crippen LogP contribution in [-0.4, -0.2) is 5.91 Å². The first-order valence-electron chi connectivity index (χ1n) is 6.62. The van der Waals surface area contributed by atoms with Crippen LogP contribution in [0.4, 0.5) is 18.9 Å². The molecular weight excluding hydrogens is 269 g/mol. The van der Waals surface area contributed by atoms with Crippen LogP contribution in [0.25, 0.3) is 0 Å². The molecule has 1 amide bonds. The number of hydrogen-bond donors (Lipinski definition) is 2. The van der Waals surface area contributed by atoms with Crippen molar-refractivity contribution in [3.8, 4) is 0 Å². The number of nitrogens with two attached hydrogens (primary N) is 1. The smallest absolute Gasteiger partial charge is 0.326 e. The van der Waals surface area contributed by atoms with Gasteiger partial charge < -0.3 is 11.1 Å². The van der Waals surface area contributed by atoms with Crippen molar-refractivity contribution in [3.05, 3.63) is 29.3 Å². The number of hydrogen-bond acceptors (Lipinski definition) is 2. The summed E-state index contributed by atoms with van der Waals surface area (Å²) in [5, 5.41) is 2.58. The van der Waals surface area contributed by atoms with E-state index in [1.54, 1.807) is 0 Å². The lowest BCUT2D eigenvalue weighted by Gasteiger charge is -2.14. The molecule has 0 saturated heterocycles. The van der Waals surface area contributed by atoms with Crippen molar-refractivity contribution in [2.75, 3.05) is 5.32 Å². The molecular formula is C14H17F3N2O. The molecule has 0 radical (unpaired) electrons. The van der Waals surface area contributed by atoms with Gasteiger partial charge in [-0.25, -0.2) is 0 Å². The van der Waals surface area contributed by atoms with Crippen LogP contribution >= 0.6 is 0 Å². The molecule has 0 bridgehead atoms. The van der Waals surface area contributed by atoms with E-state index in [0.29, 0.717) is 5.56 Å². The fourth-order valence-corrected chi connectivity index (χ4v) is 2.48. The predicted molar refractivity (Wildman–Crippen MR) is 69.9 cm³/mol. The standard InChI is InChI=1S/C14H17F3N2O/c15-14(16,17)11-5-9(8-18)6-12(7-11)19-13(20)10-3-1-2-4-10/h5-7,10H,1-4,8,18H2,(H,19,20). The molecule has 3 nitrogen and oxygen atoms in total. The van der Waals surface area contributed by atoms with Crippen molar-refractivity contribution in [1.29, 1.82) is 0 Å². The summed E-state index contributed by atoms with van der Waals surface area (Å²) in [5.41, 5.74) is 5.13. The first-order chi connectivity index (χ1) is 9.40. The van der Waals surface area contributed by atoms with E-state index in [4.69, 9.17) is 5.73 Å². The third-order valence-corrected chi connectivity index (χ3v) is 3.55. The molecule has 0 aliphatic heterocycles. The van der Waals surface area contributed by atoms with Crippen molar-refractivity contribution >= 4 is 11.6 Å². The molecule has 2 rings (SSSR count). The molecule has 0 spiro atoms. The fraction of sp³-hybridized carbons (Fsp3) is 0.500. The molecule has 1 aromatic rings. The lowest BCUT2D eigenvalue weighted by Crippen LogP contribution is -2.21. The van der Waals surface area contributed by atoms with Gasteiger partial charge in [0.25, 0.3) is 0 Å². The normalized spacial score (nSPS) is 16.4. The molecule has 1 aliphatic rings. The molecule has 1 saturated carbocycles. The van der Waals surface area contributed by atoms with Crippen molar-refractivity contribution in [1.82, 2.24) is 0 Å². The lowest BCUT2D eigenvalue weighted by atomic mass is 10.1. The largest absolute Gasteiger partial charge is 0.416 e. The third kappa shape index (κ3) is 3.50. The summed E-state index contributed by atoms with van der Waals surface area (Å²) in [6.45, 7) is -0.00375. The quantitative estimate of drug-likeness (QED) is 0.895. The third-order valence-electron chi connectivity index (χ3n) is 3.55. The number of carbonyl (C=O) groups is 1. The second kappa shape index (κ2) is 5.83. The highest BCUT2D eigenvalue weighted by atomic mass is 19.4. The summed E-state index contributed by atoms with van der Waals surface area (Å²) in [4.78, 5) is 12.0. The zero-order valence-electron chi connectivity index (χ0n) is 11.0.